The fourth-order valence-corrected chi connectivity index (χ4v) is 3.55. The van der Waals surface area contributed by atoms with Gasteiger partial charge in [0.2, 0.25) is 0 Å². The number of phenols is 4. The van der Waals surface area contributed by atoms with Crippen LogP contribution in [0.15, 0.2) is 42.0 Å². The second-order valence-corrected chi connectivity index (χ2v) is 7.72. The van der Waals surface area contributed by atoms with E-state index in [1.165, 1.54) is 23.8 Å². The maximum Gasteiger partial charge on any atom is 0.174 e. The summed E-state index contributed by atoms with van der Waals surface area (Å²) in [4.78, 5) is 12.8. The number of ketones is 1. The van der Waals surface area contributed by atoms with Gasteiger partial charge in [0.15, 0.2) is 17.3 Å². The number of fused-ring (bicyclic) bond motifs is 1. The molecule has 158 valence electrons. The molecule has 0 saturated heterocycles. The van der Waals surface area contributed by atoms with Gasteiger partial charge in [-0.05, 0) is 56.9 Å². The zero-order valence-corrected chi connectivity index (χ0v) is 17.3. The highest BCUT2D eigenvalue weighted by atomic mass is 16.5. The van der Waals surface area contributed by atoms with Crippen molar-refractivity contribution in [3.8, 4) is 28.7 Å². The molecule has 30 heavy (non-hydrogen) atoms. The Labute approximate surface area is 175 Å². The quantitative estimate of drug-likeness (QED) is 0.300. The number of aromatic hydroxyl groups is 4. The number of carbonyl (C=O) groups is 1. The zero-order valence-electron chi connectivity index (χ0n) is 17.3. The largest absolute Gasteiger partial charge is 0.507 e. The van der Waals surface area contributed by atoms with E-state index in [1.54, 1.807) is 13.0 Å². The van der Waals surface area contributed by atoms with Crippen LogP contribution in [-0.2, 0) is 0 Å². The van der Waals surface area contributed by atoms with Crippen molar-refractivity contribution in [1.29, 1.82) is 0 Å². The maximum absolute atomic E-state index is 12.8. The van der Waals surface area contributed by atoms with E-state index in [4.69, 9.17) is 4.74 Å². The molecule has 0 radical (unpaired) electrons. The highest BCUT2D eigenvalue weighted by molar-refractivity contribution is 6.04. The SMILES string of the molecule is CC(C)=CCC/C=C(\C)c1c(O)cc2c(c1O)C(=O)C[C@@H](c1ccc(O)c(O)c1)O2. The first kappa shape index (κ1) is 21.3. The van der Waals surface area contributed by atoms with Gasteiger partial charge in [0.05, 0.1) is 12.0 Å². The van der Waals surface area contributed by atoms with E-state index in [1.807, 2.05) is 19.9 Å². The number of Topliss-reactive ketones (excluding diaryl/α,β-unsaturated/α-hetero) is 1. The third-order valence-corrected chi connectivity index (χ3v) is 5.10. The molecule has 1 heterocycles. The molecule has 0 spiro atoms. The van der Waals surface area contributed by atoms with E-state index in [2.05, 4.69) is 6.08 Å². The van der Waals surface area contributed by atoms with Gasteiger partial charge in [0, 0.05) is 6.07 Å². The number of phenolic OH excluding ortho intramolecular Hbond substituents is 4. The number of ether oxygens (including phenoxy) is 1. The summed E-state index contributed by atoms with van der Waals surface area (Å²) >= 11 is 0. The van der Waals surface area contributed by atoms with Gasteiger partial charge in [-0.15, -0.1) is 0 Å². The number of unbranched alkanes of at least 4 members (excludes halogenated alkanes) is 1. The lowest BCUT2D eigenvalue weighted by Gasteiger charge is -2.27. The topological polar surface area (TPSA) is 107 Å². The first-order chi connectivity index (χ1) is 14.2. The Morgan fingerprint density at radius 3 is 2.37 bits per heavy atom. The Kier molecular flexibility index (Phi) is 6.06. The van der Waals surface area contributed by atoms with Gasteiger partial charge in [0.25, 0.3) is 0 Å². The average Bonchev–Trinajstić information content (AvgIpc) is 2.66. The number of hydrogen-bond acceptors (Lipinski definition) is 6. The monoisotopic (exact) mass is 410 g/mol. The normalized spacial score (nSPS) is 16.0. The number of carbonyl (C=O) groups excluding carboxylic acids is 1. The Morgan fingerprint density at radius 1 is 1.00 bits per heavy atom. The van der Waals surface area contributed by atoms with Crippen LogP contribution < -0.4 is 4.74 Å². The molecule has 6 heteroatoms. The third-order valence-electron chi connectivity index (χ3n) is 5.10. The molecule has 3 rings (SSSR count). The molecule has 2 aromatic carbocycles. The third kappa shape index (κ3) is 4.27. The fourth-order valence-electron chi connectivity index (χ4n) is 3.55. The van der Waals surface area contributed by atoms with E-state index in [-0.39, 0.29) is 52.1 Å². The fraction of sp³-hybridized carbons (Fsp3) is 0.292. The van der Waals surface area contributed by atoms with Crippen molar-refractivity contribution in [3.05, 3.63) is 58.7 Å². The van der Waals surface area contributed by atoms with Crippen LogP contribution in [0.2, 0.25) is 0 Å². The molecule has 1 aliphatic heterocycles. The number of rotatable bonds is 5. The molecule has 1 aliphatic rings. The lowest BCUT2D eigenvalue weighted by Crippen LogP contribution is -2.20. The Hall–Kier alpha value is -3.41. The lowest BCUT2D eigenvalue weighted by molar-refractivity contribution is 0.0844. The number of hydrogen-bond donors (Lipinski definition) is 4. The van der Waals surface area contributed by atoms with Crippen LogP contribution in [0.3, 0.4) is 0 Å². The molecule has 6 nitrogen and oxygen atoms in total. The van der Waals surface area contributed by atoms with Gasteiger partial charge in [-0.1, -0.05) is 23.8 Å². The van der Waals surface area contributed by atoms with Gasteiger partial charge in [-0.2, -0.15) is 0 Å². The van der Waals surface area contributed by atoms with E-state index in [0.29, 0.717) is 11.1 Å². The molecule has 0 amide bonds. The summed E-state index contributed by atoms with van der Waals surface area (Å²) in [7, 11) is 0. The summed E-state index contributed by atoms with van der Waals surface area (Å²) in [5, 5.41) is 40.5. The van der Waals surface area contributed by atoms with Crippen molar-refractivity contribution in [2.75, 3.05) is 0 Å². The van der Waals surface area contributed by atoms with E-state index >= 15 is 0 Å². The minimum absolute atomic E-state index is 0.0408. The van der Waals surface area contributed by atoms with Gasteiger partial charge >= 0.3 is 0 Å². The lowest BCUT2D eigenvalue weighted by atomic mass is 9.91. The smallest absolute Gasteiger partial charge is 0.174 e. The Balaban J connectivity index is 1.93. The van der Waals surface area contributed by atoms with Crippen LogP contribution in [0.1, 0.15) is 67.6 Å². The van der Waals surface area contributed by atoms with E-state index in [9.17, 15) is 25.2 Å². The summed E-state index contributed by atoms with van der Waals surface area (Å²) < 4.78 is 5.84. The molecular formula is C24H26O6. The summed E-state index contributed by atoms with van der Waals surface area (Å²) in [6, 6.07) is 5.52. The van der Waals surface area contributed by atoms with Crippen LogP contribution >= 0.6 is 0 Å². The van der Waals surface area contributed by atoms with Crippen LogP contribution in [-0.4, -0.2) is 26.2 Å². The van der Waals surface area contributed by atoms with Crippen LogP contribution in [0, 0.1) is 0 Å². The molecule has 0 aromatic heterocycles. The molecular weight excluding hydrogens is 384 g/mol. The first-order valence-electron chi connectivity index (χ1n) is 9.80. The highest BCUT2D eigenvalue weighted by Gasteiger charge is 2.33. The number of allylic oxidation sites excluding steroid dienone is 4. The molecule has 4 N–H and O–H groups in total. The molecule has 0 aliphatic carbocycles. The first-order valence-corrected chi connectivity index (χ1v) is 9.80. The second-order valence-electron chi connectivity index (χ2n) is 7.72. The van der Waals surface area contributed by atoms with E-state index in [0.717, 1.165) is 12.8 Å². The van der Waals surface area contributed by atoms with Crippen molar-refractivity contribution in [2.45, 2.75) is 46.1 Å². The Bertz CT molecular complexity index is 1040. The van der Waals surface area contributed by atoms with Crippen LogP contribution in [0.5, 0.6) is 28.7 Å². The molecule has 0 bridgehead atoms. The summed E-state index contributed by atoms with van der Waals surface area (Å²) in [6.07, 6.45) is 4.85. The summed E-state index contributed by atoms with van der Waals surface area (Å²) in [5.74, 6) is -1.30. The molecule has 0 saturated carbocycles. The van der Waals surface area contributed by atoms with Crippen molar-refractivity contribution < 1.29 is 30.0 Å². The van der Waals surface area contributed by atoms with Crippen LogP contribution in [0.25, 0.3) is 5.57 Å². The molecule has 0 unspecified atom stereocenters. The molecule has 2 aromatic rings. The molecule has 1 atom stereocenters. The standard InChI is InChI=1S/C24H26O6/c1-13(2)6-4-5-7-14(3)22-18(27)12-21-23(24(22)29)19(28)11-20(30-21)15-8-9-16(25)17(26)10-15/h6-10,12,20,25-27,29H,4-5,11H2,1-3H3/b14-7+/t20-/m0/s1. The summed E-state index contributed by atoms with van der Waals surface area (Å²) in [6.45, 7) is 5.83. The van der Waals surface area contributed by atoms with E-state index < -0.39 is 6.10 Å². The summed E-state index contributed by atoms with van der Waals surface area (Å²) in [5.41, 5.74) is 2.67. The van der Waals surface area contributed by atoms with Crippen LogP contribution in [0.4, 0.5) is 0 Å². The predicted molar refractivity (Wildman–Crippen MR) is 114 cm³/mol. The number of benzene rings is 2. The zero-order chi connectivity index (χ0) is 22.0. The van der Waals surface area contributed by atoms with Crippen molar-refractivity contribution in [2.24, 2.45) is 0 Å². The molecule has 0 fully saturated rings. The van der Waals surface area contributed by atoms with Gasteiger partial charge in [-0.3, -0.25) is 4.79 Å². The average molecular weight is 410 g/mol. The van der Waals surface area contributed by atoms with Gasteiger partial charge in [0.1, 0.15) is 28.9 Å². The van der Waals surface area contributed by atoms with Crippen molar-refractivity contribution in [3.63, 3.8) is 0 Å². The highest BCUT2D eigenvalue weighted by Crippen LogP contribution is 2.47. The predicted octanol–water partition coefficient (Wildman–Crippen LogP) is 5.37. The van der Waals surface area contributed by atoms with Crippen molar-refractivity contribution in [1.82, 2.24) is 0 Å². The maximum atomic E-state index is 12.8. The second kappa shape index (κ2) is 8.53. The minimum Gasteiger partial charge on any atom is -0.507 e. The van der Waals surface area contributed by atoms with Gasteiger partial charge < -0.3 is 25.2 Å². The minimum atomic E-state index is -0.707. The Morgan fingerprint density at radius 2 is 1.70 bits per heavy atom. The van der Waals surface area contributed by atoms with Crippen molar-refractivity contribution >= 4 is 11.4 Å². The van der Waals surface area contributed by atoms with Gasteiger partial charge in [-0.25, -0.2) is 0 Å².